The first-order valence-corrected chi connectivity index (χ1v) is 9.79. The molecule has 0 unspecified atom stereocenters. The molecule has 0 saturated carbocycles. The van der Waals surface area contributed by atoms with Gasteiger partial charge in [-0.15, -0.1) is 11.3 Å². The lowest BCUT2D eigenvalue weighted by Crippen LogP contribution is -2.53. The number of amides is 3. The minimum atomic E-state index is -1.20. The van der Waals surface area contributed by atoms with Crippen LogP contribution in [0.25, 0.3) is 0 Å². The molecule has 3 amide bonds. The molecule has 4 atom stereocenters. The van der Waals surface area contributed by atoms with E-state index in [1.807, 2.05) is 17.5 Å². The SMILES string of the molecule is O=C(Cc1cccs1)N[C@@H]1C=C(C(=O)N[C@H]2CCCNC2=O)C[C@@H](O)[C@@H]1O. The van der Waals surface area contributed by atoms with Gasteiger partial charge in [0.1, 0.15) is 12.1 Å². The van der Waals surface area contributed by atoms with Gasteiger partial charge in [0, 0.05) is 23.4 Å². The Hall–Kier alpha value is -2.23. The Morgan fingerprint density at radius 1 is 1.30 bits per heavy atom. The number of aliphatic hydroxyl groups is 2. The largest absolute Gasteiger partial charge is 0.390 e. The van der Waals surface area contributed by atoms with Crippen LogP contribution in [0, 0.1) is 0 Å². The van der Waals surface area contributed by atoms with Crippen molar-refractivity contribution in [2.24, 2.45) is 0 Å². The van der Waals surface area contributed by atoms with Crippen molar-refractivity contribution >= 4 is 29.1 Å². The fourth-order valence-corrected chi connectivity index (χ4v) is 3.94. The molecule has 1 saturated heterocycles. The zero-order valence-corrected chi connectivity index (χ0v) is 15.5. The van der Waals surface area contributed by atoms with Gasteiger partial charge in [-0.2, -0.15) is 0 Å². The second kappa shape index (κ2) is 8.64. The number of rotatable bonds is 5. The third kappa shape index (κ3) is 4.94. The number of hydrogen-bond donors (Lipinski definition) is 5. The molecule has 3 rings (SSSR count). The van der Waals surface area contributed by atoms with E-state index in [-0.39, 0.29) is 30.2 Å². The minimum absolute atomic E-state index is 0.0430. The monoisotopic (exact) mass is 393 g/mol. The smallest absolute Gasteiger partial charge is 0.247 e. The number of carbonyl (C=O) groups is 3. The van der Waals surface area contributed by atoms with Crippen molar-refractivity contribution in [3.8, 4) is 0 Å². The normalized spacial score (nSPS) is 28.1. The first kappa shape index (κ1) is 19.5. The van der Waals surface area contributed by atoms with Gasteiger partial charge < -0.3 is 26.2 Å². The summed E-state index contributed by atoms with van der Waals surface area (Å²) in [6.45, 7) is 0.594. The molecule has 1 aromatic heterocycles. The molecule has 1 aliphatic heterocycles. The zero-order valence-electron chi connectivity index (χ0n) is 14.7. The highest BCUT2D eigenvalue weighted by molar-refractivity contribution is 7.10. The van der Waals surface area contributed by atoms with Gasteiger partial charge in [0.2, 0.25) is 17.7 Å². The molecule has 5 N–H and O–H groups in total. The van der Waals surface area contributed by atoms with E-state index < -0.39 is 30.2 Å². The molecule has 1 fully saturated rings. The standard InChI is InChI=1S/C18H23N3O5S/c22-14-8-10(17(25)21-12-4-1-5-19-18(12)26)7-13(16(14)24)20-15(23)9-11-3-2-6-27-11/h2-3,6-7,12-14,16,22,24H,1,4-5,8-9H2,(H,19,26)(H,20,23)(H,21,25)/t12-,13+,14+,16+/m0/s1. The Bertz CT molecular complexity index is 733. The van der Waals surface area contributed by atoms with Gasteiger partial charge in [0.25, 0.3) is 0 Å². The van der Waals surface area contributed by atoms with Gasteiger partial charge in [0.15, 0.2) is 0 Å². The summed E-state index contributed by atoms with van der Waals surface area (Å²) in [5, 5.41) is 30.1. The van der Waals surface area contributed by atoms with Crippen LogP contribution in [0.5, 0.6) is 0 Å². The fourth-order valence-electron chi connectivity index (χ4n) is 3.23. The minimum Gasteiger partial charge on any atom is -0.390 e. The highest BCUT2D eigenvalue weighted by Gasteiger charge is 2.34. The molecular formula is C18H23N3O5S. The topological polar surface area (TPSA) is 128 Å². The van der Waals surface area contributed by atoms with E-state index in [9.17, 15) is 24.6 Å². The van der Waals surface area contributed by atoms with E-state index in [2.05, 4.69) is 16.0 Å². The van der Waals surface area contributed by atoms with Gasteiger partial charge in [0.05, 0.1) is 18.6 Å². The van der Waals surface area contributed by atoms with Crippen LogP contribution in [-0.4, -0.2) is 58.8 Å². The van der Waals surface area contributed by atoms with Crippen molar-refractivity contribution in [3.63, 3.8) is 0 Å². The van der Waals surface area contributed by atoms with Crippen LogP contribution in [-0.2, 0) is 20.8 Å². The van der Waals surface area contributed by atoms with E-state index in [1.165, 1.54) is 17.4 Å². The van der Waals surface area contributed by atoms with E-state index in [1.54, 1.807) is 0 Å². The summed E-state index contributed by atoms with van der Waals surface area (Å²) in [6.07, 6.45) is 0.525. The molecule has 1 aromatic rings. The molecule has 0 spiro atoms. The summed E-state index contributed by atoms with van der Waals surface area (Å²) in [6, 6.07) is 2.20. The lowest BCUT2D eigenvalue weighted by atomic mass is 9.89. The Balaban J connectivity index is 1.65. The fraction of sp³-hybridized carbons (Fsp3) is 0.500. The highest BCUT2D eigenvalue weighted by Crippen LogP contribution is 2.21. The molecule has 0 aromatic carbocycles. The average molecular weight is 393 g/mol. The van der Waals surface area contributed by atoms with Crippen LogP contribution in [0.4, 0.5) is 0 Å². The number of nitrogens with one attached hydrogen (secondary N) is 3. The number of aliphatic hydroxyl groups excluding tert-OH is 2. The van der Waals surface area contributed by atoms with Crippen molar-refractivity contribution in [2.45, 2.75) is 50.0 Å². The number of piperidine rings is 1. The Morgan fingerprint density at radius 2 is 2.11 bits per heavy atom. The van der Waals surface area contributed by atoms with Crippen molar-refractivity contribution < 1.29 is 24.6 Å². The maximum absolute atomic E-state index is 12.5. The number of carbonyl (C=O) groups excluding carboxylic acids is 3. The lowest BCUT2D eigenvalue weighted by molar-refractivity contribution is -0.129. The third-order valence-corrected chi connectivity index (χ3v) is 5.57. The molecule has 9 heteroatoms. The molecule has 2 heterocycles. The molecule has 27 heavy (non-hydrogen) atoms. The van der Waals surface area contributed by atoms with Gasteiger partial charge in [-0.3, -0.25) is 14.4 Å². The van der Waals surface area contributed by atoms with Crippen molar-refractivity contribution in [1.29, 1.82) is 0 Å². The molecular weight excluding hydrogens is 370 g/mol. The van der Waals surface area contributed by atoms with Crippen molar-refractivity contribution in [1.82, 2.24) is 16.0 Å². The predicted molar refractivity (Wildman–Crippen MR) is 98.8 cm³/mol. The molecule has 0 radical (unpaired) electrons. The number of hydrogen-bond acceptors (Lipinski definition) is 6. The maximum Gasteiger partial charge on any atom is 0.247 e. The van der Waals surface area contributed by atoms with Crippen LogP contribution < -0.4 is 16.0 Å². The first-order valence-electron chi connectivity index (χ1n) is 8.91. The van der Waals surface area contributed by atoms with Crippen LogP contribution in [0.15, 0.2) is 29.2 Å². The third-order valence-electron chi connectivity index (χ3n) is 4.70. The van der Waals surface area contributed by atoms with Gasteiger partial charge in [-0.05, 0) is 24.3 Å². The van der Waals surface area contributed by atoms with Crippen LogP contribution in [0.2, 0.25) is 0 Å². The predicted octanol–water partition coefficient (Wildman–Crippen LogP) is -0.778. The quantitative estimate of drug-likeness (QED) is 0.449. The number of thiophene rings is 1. The zero-order chi connectivity index (χ0) is 19.4. The van der Waals surface area contributed by atoms with Crippen LogP contribution in [0.3, 0.4) is 0 Å². The summed E-state index contributed by atoms with van der Waals surface area (Å²) in [5.41, 5.74) is 0.243. The summed E-state index contributed by atoms with van der Waals surface area (Å²) in [5.74, 6) is -1.01. The Morgan fingerprint density at radius 3 is 2.81 bits per heavy atom. The lowest BCUT2D eigenvalue weighted by Gasteiger charge is -2.31. The van der Waals surface area contributed by atoms with E-state index in [0.29, 0.717) is 13.0 Å². The molecule has 0 bridgehead atoms. The molecule has 146 valence electrons. The summed E-state index contributed by atoms with van der Waals surface area (Å²) >= 11 is 1.45. The van der Waals surface area contributed by atoms with E-state index >= 15 is 0 Å². The second-order valence-corrected chi connectivity index (χ2v) is 7.79. The first-order chi connectivity index (χ1) is 12.9. The second-order valence-electron chi connectivity index (χ2n) is 6.76. The molecule has 2 aliphatic rings. The summed E-state index contributed by atoms with van der Waals surface area (Å²) in [4.78, 5) is 37.4. The van der Waals surface area contributed by atoms with Gasteiger partial charge in [-0.1, -0.05) is 12.1 Å². The Labute approximate surface area is 160 Å². The molecule has 8 nitrogen and oxygen atoms in total. The molecule has 1 aliphatic carbocycles. The van der Waals surface area contributed by atoms with Crippen LogP contribution >= 0.6 is 11.3 Å². The van der Waals surface area contributed by atoms with Crippen molar-refractivity contribution in [2.75, 3.05) is 6.54 Å². The van der Waals surface area contributed by atoms with E-state index in [4.69, 9.17) is 0 Å². The Kier molecular flexibility index (Phi) is 6.25. The maximum atomic E-state index is 12.5. The summed E-state index contributed by atoms with van der Waals surface area (Å²) < 4.78 is 0. The van der Waals surface area contributed by atoms with Crippen molar-refractivity contribution in [3.05, 3.63) is 34.0 Å². The summed E-state index contributed by atoms with van der Waals surface area (Å²) in [7, 11) is 0. The van der Waals surface area contributed by atoms with Gasteiger partial charge in [-0.25, -0.2) is 0 Å². The van der Waals surface area contributed by atoms with Crippen LogP contribution in [0.1, 0.15) is 24.1 Å². The average Bonchev–Trinajstić information content (AvgIpc) is 3.13. The highest BCUT2D eigenvalue weighted by atomic mass is 32.1. The van der Waals surface area contributed by atoms with Gasteiger partial charge >= 0.3 is 0 Å². The van der Waals surface area contributed by atoms with E-state index in [0.717, 1.165) is 11.3 Å².